The monoisotopic (exact) mass is 554 g/mol. The van der Waals surface area contributed by atoms with E-state index in [2.05, 4.69) is 4.98 Å². The second-order valence-corrected chi connectivity index (χ2v) is 11.3. The average Bonchev–Trinajstić information content (AvgIpc) is 3.44. The molecule has 0 unspecified atom stereocenters. The van der Waals surface area contributed by atoms with Gasteiger partial charge in [0.15, 0.2) is 0 Å². The van der Waals surface area contributed by atoms with Gasteiger partial charge >= 0.3 is 17.9 Å². The number of allylic oxidation sites excluding steroid dienone is 2. The summed E-state index contributed by atoms with van der Waals surface area (Å²) in [5.41, 5.74) is 0.178. The van der Waals surface area contributed by atoms with Gasteiger partial charge in [-0.2, -0.15) is 0 Å². The first-order valence-corrected chi connectivity index (χ1v) is 13.4. The van der Waals surface area contributed by atoms with Crippen molar-refractivity contribution < 1.29 is 38.4 Å². The Hall–Kier alpha value is -3.50. The Bertz CT molecular complexity index is 1290. The highest BCUT2D eigenvalue weighted by molar-refractivity contribution is 5.91. The molecule has 2 bridgehead atoms. The maximum atomic E-state index is 13.0. The minimum absolute atomic E-state index is 0.0262. The molecule has 1 aromatic heterocycles. The van der Waals surface area contributed by atoms with Crippen molar-refractivity contribution in [2.24, 2.45) is 30.7 Å². The van der Waals surface area contributed by atoms with E-state index >= 15 is 0 Å². The van der Waals surface area contributed by atoms with Crippen LogP contribution in [0.2, 0.25) is 0 Å². The summed E-state index contributed by atoms with van der Waals surface area (Å²) in [6.45, 7) is 9.04. The lowest BCUT2D eigenvalue weighted by molar-refractivity contribution is -0.216. The topological polar surface area (TPSA) is 126 Å². The van der Waals surface area contributed by atoms with E-state index in [-0.39, 0.29) is 29.2 Å². The smallest absolute Gasteiger partial charge is 0.339 e. The van der Waals surface area contributed by atoms with Crippen molar-refractivity contribution in [1.82, 2.24) is 9.55 Å². The summed E-state index contributed by atoms with van der Waals surface area (Å²) in [5.74, 6) is -4.70. The van der Waals surface area contributed by atoms with Gasteiger partial charge in [-0.3, -0.25) is 4.79 Å². The van der Waals surface area contributed by atoms with Crippen molar-refractivity contribution in [3.05, 3.63) is 59.7 Å². The first kappa shape index (κ1) is 29.5. The summed E-state index contributed by atoms with van der Waals surface area (Å²) < 4.78 is 24.7. The molecule has 0 spiro atoms. The first-order chi connectivity index (χ1) is 18.8. The minimum Gasteiger partial charge on any atom is -0.466 e. The summed E-state index contributed by atoms with van der Waals surface area (Å²) >= 11 is 0. The van der Waals surface area contributed by atoms with Crippen molar-refractivity contribution in [3.8, 4) is 0 Å². The number of aryl methyl sites for hydroxylation is 1. The van der Waals surface area contributed by atoms with E-state index in [0.29, 0.717) is 12.1 Å². The van der Waals surface area contributed by atoms with Gasteiger partial charge in [0.05, 0.1) is 24.7 Å². The number of aromatic nitrogens is 2. The number of carbonyl (C=O) groups excluding carboxylic acids is 3. The Morgan fingerprint density at radius 3 is 2.55 bits per heavy atom. The summed E-state index contributed by atoms with van der Waals surface area (Å²) in [7, 11) is 3.07. The van der Waals surface area contributed by atoms with Crippen LogP contribution in [-0.2, 0) is 40.4 Å². The van der Waals surface area contributed by atoms with E-state index in [0.717, 1.165) is 5.57 Å². The average molecular weight is 555 g/mol. The molecule has 1 aliphatic carbocycles. The SMILES string of the molecule is COC(=O)/C1=C/[C@@H]2[C@@H](C(C)C)[C@H](OC(C)=O)C=C(C)[C@@H]2C[C@H](OC(=O)/C=C/c2cn(C)cn2)[C@]2(C)C=C[C@@]1(O)O2. The molecule has 0 radical (unpaired) electrons. The fourth-order valence-corrected chi connectivity index (χ4v) is 6.10. The van der Waals surface area contributed by atoms with Crippen LogP contribution in [0.25, 0.3) is 6.08 Å². The van der Waals surface area contributed by atoms with Crippen LogP contribution in [0, 0.1) is 23.7 Å². The van der Waals surface area contributed by atoms with Crippen molar-refractivity contribution in [2.75, 3.05) is 7.11 Å². The molecule has 1 N–H and O–H groups in total. The van der Waals surface area contributed by atoms with Crippen LogP contribution >= 0.6 is 0 Å². The fraction of sp³-hybridized carbons (Fsp3) is 0.533. The minimum atomic E-state index is -2.11. The van der Waals surface area contributed by atoms with Gasteiger partial charge in [-0.25, -0.2) is 14.6 Å². The quantitative estimate of drug-likeness (QED) is 0.244. The zero-order valence-corrected chi connectivity index (χ0v) is 24.0. The Balaban J connectivity index is 1.79. The Morgan fingerprint density at radius 1 is 1.23 bits per heavy atom. The maximum absolute atomic E-state index is 13.0. The zero-order chi connectivity index (χ0) is 29.4. The standard InChI is InChI=1S/C30H38N2O8/c1-17(2)27-22-13-23(28(35)37-7)30(36)11-10-29(5,40-30)25(14-21(22)18(3)12-24(27)38-19(4)33)39-26(34)9-8-20-15-32(6)16-31-20/h8-13,15-17,21-22,24-25,27,36H,14H2,1-7H3/b9-8+,23-13-/t21-,22-,24+,25-,27+,29-,30+/m0/s1. The Kier molecular flexibility index (Phi) is 8.23. The third-order valence-corrected chi connectivity index (χ3v) is 8.02. The summed E-state index contributed by atoms with van der Waals surface area (Å²) in [4.78, 5) is 42.3. The number of carbonyl (C=O) groups is 3. The van der Waals surface area contributed by atoms with E-state index in [9.17, 15) is 19.5 Å². The van der Waals surface area contributed by atoms with E-state index in [1.165, 1.54) is 26.2 Å². The number of fused-ring (bicyclic) bond motifs is 3. The number of imidazole rings is 1. The van der Waals surface area contributed by atoms with Crippen molar-refractivity contribution >= 4 is 24.0 Å². The number of hydrogen-bond donors (Lipinski definition) is 1. The van der Waals surface area contributed by atoms with Crippen LogP contribution in [0.4, 0.5) is 0 Å². The van der Waals surface area contributed by atoms with Crippen LogP contribution in [0.1, 0.15) is 46.7 Å². The molecule has 0 fully saturated rings. The molecule has 0 amide bonds. The van der Waals surface area contributed by atoms with Crippen LogP contribution in [0.3, 0.4) is 0 Å². The first-order valence-electron chi connectivity index (χ1n) is 13.4. The highest BCUT2D eigenvalue weighted by Gasteiger charge is 2.55. The number of aliphatic hydroxyl groups is 1. The fourth-order valence-electron chi connectivity index (χ4n) is 6.10. The Morgan fingerprint density at radius 2 is 1.95 bits per heavy atom. The molecular formula is C30H38N2O8. The third-order valence-electron chi connectivity index (χ3n) is 8.02. The second-order valence-electron chi connectivity index (χ2n) is 11.3. The molecule has 216 valence electrons. The van der Waals surface area contributed by atoms with E-state index < -0.39 is 41.5 Å². The van der Waals surface area contributed by atoms with Crippen LogP contribution in [-0.4, -0.2) is 63.3 Å². The predicted octanol–water partition coefficient (Wildman–Crippen LogP) is 3.28. The molecule has 0 aromatic carbocycles. The van der Waals surface area contributed by atoms with E-state index in [4.69, 9.17) is 18.9 Å². The van der Waals surface area contributed by atoms with Gasteiger partial charge in [-0.15, -0.1) is 0 Å². The molecular weight excluding hydrogens is 516 g/mol. The van der Waals surface area contributed by atoms with Crippen LogP contribution in [0.5, 0.6) is 0 Å². The predicted molar refractivity (Wildman–Crippen MR) is 145 cm³/mol. The normalized spacial score (nSPS) is 34.7. The third kappa shape index (κ3) is 5.83. The van der Waals surface area contributed by atoms with Gasteiger partial charge in [0.25, 0.3) is 0 Å². The second kappa shape index (κ2) is 11.2. The van der Waals surface area contributed by atoms with Gasteiger partial charge in [-0.1, -0.05) is 25.5 Å². The molecule has 3 aliphatic rings. The lowest BCUT2D eigenvalue weighted by atomic mass is 9.64. The largest absolute Gasteiger partial charge is 0.466 e. The summed E-state index contributed by atoms with van der Waals surface area (Å²) in [6, 6.07) is 0. The van der Waals surface area contributed by atoms with Crippen molar-refractivity contribution in [2.45, 2.75) is 64.6 Å². The van der Waals surface area contributed by atoms with Crippen LogP contribution in [0.15, 0.2) is 54.1 Å². The van der Waals surface area contributed by atoms with Crippen molar-refractivity contribution in [3.63, 3.8) is 0 Å². The molecule has 7 atom stereocenters. The highest BCUT2D eigenvalue weighted by atomic mass is 16.7. The highest BCUT2D eigenvalue weighted by Crippen LogP contribution is 2.49. The van der Waals surface area contributed by atoms with Gasteiger partial charge < -0.3 is 28.6 Å². The summed E-state index contributed by atoms with van der Waals surface area (Å²) in [5, 5.41) is 11.6. The molecule has 2 aliphatic heterocycles. The lowest BCUT2D eigenvalue weighted by Crippen LogP contribution is -2.48. The molecule has 10 heteroatoms. The van der Waals surface area contributed by atoms with Crippen molar-refractivity contribution in [1.29, 1.82) is 0 Å². The number of nitrogens with zero attached hydrogens (tertiary/aromatic N) is 2. The van der Waals surface area contributed by atoms with E-state index in [1.807, 2.05) is 33.9 Å². The van der Waals surface area contributed by atoms with Gasteiger partial charge in [0.2, 0.25) is 5.79 Å². The number of hydrogen-bond acceptors (Lipinski definition) is 9. The molecule has 10 nitrogen and oxygen atoms in total. The summed E-state index contributed by atoms with van der Waals surface area (Å²) in [6.07, 6.45) is 11.8. The maximum Gasteiger partial charge on any atom is 0.339 e. The lowest BCUT2D eigenvalue weighted by Gasteiger charge is -2.44. The number of rotatable bonds is 6. The molecule has 3 heterocycles. The molecule has 1 aromatic rings. The molecule has 4 rings (SSSR count). The van der Waals surface area contributed by atoms with Gasteiger partial charge in [0.1, 0.15) is 17.8 Å². The number of esters is 3. The zero-order valence-electron chi connectivity index (χ0n) is 24.0. The van der Waals surface area contributed by atoms with E-state index in [1.54, 1.807) is 42.2 Å². The molecule has 40 heavy (non-hydrogen) atoms. The number of methoxy groups -OCH3 is 1. The number of ether oxygens (including phenoxy) is 4. The van der Waals surface area contributed by atoms with Gasteiger partial charge in [-0.05, 0) is 62.3 Å². The molecule has 0 saturated carbocycles. The van der Waals surface area contributed by atoms with Gasteiger partial charge in [0, 0.05) is 32.2 Å². The molecule has 0 saturated heterocycles. The Labute approximate surface area is 234 Å². The van der Waals surface area contributed by atoms with Crippen LogP contribution < -0.4 is 0 Å².